The fourth-order valence-electron chi connectivity index (χ4n) is 2.88. The number of benzene rings is 2. The van der Waals surface area contributed by atoms with Gasteiger partial charge in [-0.2, -0.15) is 0 Å². The first-order valence-corrected chi connectivity index (χ1v) is 10.1. The summed E-state index contributed by atoms with van der Waals surface area (Å²) in [6.07, 6.45) is 1.68. The van der Waals surface area contributed by atoms with Crippen LogP contribution in [0.25, 0.3) is 11.1 Å². The van der Waals surface area contributed by atoms with Crippen molar-refractivity contribution in [2.75, 3.05) is 5.32 Å². The maximum Gasteiger partial charge on any atom is 0.258 e. The zero-order valence-electron chi connectivity index (χ0n) is 15.8. The van der Waals surface area contributed by atoms with Gasteiger partial charge in [-0.1, -0.05) is 59.4 Å². The molecule has 5 nitrogen and oxygen atoms in total. The highest BCUT2D eigenvalue weighted by Crippen LogP contribution is 2.26. The number of aryl methyl sites for hydroxylation is 1. The van der Waals surface area contributed by atoms with Crippen molar-refractivity contribution in [2.45, 2.75) is 17.7 Å². The molecule has 0 bridgehead atoms. The third-order valence-corrected chi connectivity index (χ3v) is 5.34. The third kappa shape index (κ3) is 4.73. The number of pyridine rings is 1. The van der Waals surface area contributed by atoms with Crippen LogP contribution in [0.5, 0.6) is 0 Å². The van der Waals surface area contributed by atoms with E-state index < -0.39 is 0 Å². The van der Waals surface area contributed by atoms with Gasteiger partial charge in [-0.3, -0.25) is 4.79 Å². The van der Waals surface area contributed by atoms with Crippen molar-refractivity contribution < 1.29 is 9.32 Å². The summed E-state index contributed by atoms with van der Waals surface area (Å²) < 4.78 is 5.09. The highest BCUT2D eigenvalue weighted by Gasteiger charge is 2.14. The summed E-state index contributed by atoms with van der Waals surface area (Å²) in [5.74, 6) is 1.16. The summed E-state index contributed by atoms with van der Waals surface area (Å²) >= 11 is 1.46. The first-order valence-electron chi connectivity index (χ1n) is 9.16. The lowest BCUT2D eigenvalue weighted by molar-refractivity contribution is 0.102. The number of carbonyl (C=O) groups is 1. The smallest absolute Gasteiger partial charge is 0.258 e. The number of carbonyl (C=O) groups excluding carboxylic acids is 1. The minimum Gasteiger partial charge on any atom is -0.361 e. The summed E-state index contributed by atoms with van der Waals surface area (Å²) in [7, 11) is 0. The number of rotatable bonds is 6. The van der Waals surface area contributed by atoms with E-state index in [0.717, 1.165) is 28.3 Å². The summed E-state index contributed by atoms with van der Waals surface area (Å²) in [6.45, 7) is 1.85. The van der Waals surface area contributed by atoms with E-state index in [2.05, 4.69) is 27.6 Å². The van der Waals surface area contributed by atoms with Crippen LogP contribution < -0.4 is 5.32 Å². The zero-order chi connectivity index (χ0) is 20.1. The normalized spacial score (nSPS) is 10.7. The molecule has 1 amide bonds. The molecule has 0 unspecified atom stereocenters. The first-order chi connectivity index (χ1) is 14.2. The predicted octanol–water partition coefficient (Wildman–Crippen LogP) is 5.59. The summed E-state index contributed by atoms with van der Waals surface area (Å²) in [4.78, 5) is 17.2. The molecule has 0 saturated heterocycles. The van der Waals surface area contributed by atoms with Crippen LogP contribution >= 0.6 is 11.8 Å². The number of amides is 1. The van der Waals surface area contributed by atoms with Crippen LogP contribution in [0, 0.1) is 6.92 Å². The molecule has 2 heterocycles. The van der Waals surface area contributed by atoms with Gasteiger partial charge in [0.2, 0.25) is 0 Å². The second-order valence-electron chi connectivity index (χ2n) is 6.47. The molecule has 0 saturated carbocycles. The Balaban J connectivity index is 1.46. The van der Waals surface area contributed by atoms with Crippen molar-refractivity contribution in [1.82, 2.24) is 10.1 Å². The molecule has 0 fully saturated rings. The molecule has 2 aromatic carbocycles. The minimum absolute atomic E-state index is 0.190. The van der Waals surface area contributed by atoms with E-state index in [0.29, 0.717) is 16.3 Å². The molecule has 29 heavy (non-hydrogen) atoms. The highest BCUT2D eigenvalue weighted by atomic mass is 32.2. The molecule has 2 aromatic heterocycles. The quantitative estimate of drug-likeness (QED) is 0.427. The Hall–Kier alpha value is -3.38. The van der Waals surface area contributed by atoms with Gasteiger partial charge in [-0.15, -0.1) is 0 Å². The maximum absolute atomic E-state index is 12.8. The Morgan fingerprint density at radius 2 is 1.76 bits per heavy atom. The lowest BCUT2D eigenvalue weighted by atomic mass is 10.1. The van der Waals surface area contributed by atoms with E-state index in [1.165, 1.54) is 11.8 Å². The topological polar surface area (TPSA) is 68.0 Å². The average Bonchev–Trinajstić information content (AvgIpc) is 3.19. The van der Waals surface area contributed by atoms with Crippen molar-refractivity contribution in [3.05, 3.63) is 96.0 Å². The van der Waals surface area contributed by atoms with Crippen LogP contribution in [0.4, 0.5) is 5.69 Å². The predicted molar refractivity (Wildman–Crippen MR) is 115 cm³/mol. The van der Waals surface area contributed by atoms with Gasteiger partial charge < -0.3 is 9.84 Å². The number of nitrogens with zero attached hydrogens (tertiary/aromatic N) is 2. The number of hydrogen-bond acceptors (Lipinski definition) is 5. The Morgan fingerprint density at radius 1 is 1.00 bits per heavy atom. The van der Waals surface area contributed by atoms with Crippen LogP contribution in [0.3, 0.4) is 0 Å². The fourth-order valence-corrected chi connectivity index (χ4v) is 3.75. The Bertz CT molecular complexity index is 1110. The molecule has 4 aromatic rings. The molecule has 0 atom stereocenters. The monoisotopic (exact) mass is 401 g/mol. The molecule has 0 aliphatic rings. The summed E-state index contributed by atoms with van der Waals surface area (Å²) in [5, 5.41) is 7.59. The van der Waals surface area contributed by atoms with E-state index in [4.69, 9.17) is 4.52 Å². The van der Waals surface area contributed by atoms with Crippen molar-refractivity contribution in [2.24, 2.45) is 0 Å². The molecule has 144 valence electrons. The standard InChI is InChI=1S/C23H19N3O2S/c1-16-14-20(26-28-16)15-29-23-21(8-5-13-24-23)22(27)25-19-11-9-18(10-12-19)17-6-3-2-4-7-17/h2-14H,15H2,1H3,(H,25,27). The average molecular weight is 401 g/mol. The third-order valence-electron chi connectivity index (χ3n) is 4.30. The van der Waals surface area contributed by atoms with E-state index in [-0.39, 0.29) is 5.91 Å². The molecule has 0 aliphatic carbocycles. The maximum atomic E-state index is 12.8. The van der Waals surface area contributed by atoms with Crippen LogP contribution in [0.1, 0.15) is 21.8 Å². The van der Waals surface area contributed by atoms with Crippen LogP contribution in [-0.2, 0) is 5.75 Å². The minimum atomic E-state index is -0.190. The van der Waals surface area contributed by atoms with Crippen molar-refractivity contribution >= 4 is 23.4 Å². The van der Waals surface area contributed by atoms with Crippen molar-refractivity contribution in [1.29, 1.82) is 0 Å². The largest absolute Gasteiger partial charge is 0.361 e. The molecular weight excluding hydrogens is 382 g/mol. The zero-order valence-corrected chi connectivity index (χ0v) is 16.6. The van der Waals surface area contributed by atoms with Crippen LogP contribution in [-0.4, -0.2) is 16.0 Å². The Morgan fingerprint density at radius 3 is 2.48 bits per heavy atom. The van der Waals surface area contributed by atoms with Gasteiger partial charge in [0, 0.05) is 23.7 Å². The second kappa shape index (κ2) is 8.75. The van der Waals surface area contributed by atoms with Gasteiger partial charge in [0.25, 0.3) is 5.91 Å². The molecule has 0 spiro atoms. The number of hydrogen-bond donors (Lipinski definition) is 1. The van der Waals surface area contributed by atoms with Gasteiger partial charge in [0.15, 0.2) is 0 Å². The molecule has 0 aliphatic heterocycles. The van der Waals surface area contributed by atoms with Gasteiger partial charge in [0.1, 0.15) is 10.8 Å². The SMILES string of the molecule is Cc1cc(CSc2ncccc2C(=O)Nc2ccc(-c3ccccc3)cc2)no1. The van der Waals surface area contributed by atoms with Gasteiger partial charge in [-0.05, 0) is 42.3 Å². The molecule has 1 N–H and O–H groups in total. The van der Waals surface area contributed by atoms with Crippen molar-refractivity contribution in [3.8, 4) is 11.1 Å². The Kier molecular flexibility index (Phi) is 5.72. The molecular formula is C23H19N3O2S. The second-order valence-corrected chi connectivity index (χ2v) is 7.44. The Labute approximate surface area is 173 Å². The number of anilines is 1. The number of aromatic nitrogens is 2. The highest BCUT2D eigenvalue weighted by molar-refractivity contribution is 7.98. The number of nitrogens with one attached hydrogen (secondary N) is 1. The summed E-state index contributed by atoms with van der Waals surface area (Å²) in [5.41, 5.74) is 4.33. The van der Waals surface area contributed by atoms with E-state index in [1.54, 1.807) is 18.3 Å². The van der Waals surface area contributed by atoms with Gasteiger partial charge in [-0.25, -0.2) is 4.98 Å². The number of thioether (sulfide) groups is 1. The molecule has 6 heteroatoms. The van der Waals surface area contributed by atoms with Crippen molar-refractivity contribution in [3.63, 3.8) is 0 Å². The molecule has 4 rings (SSSR count). The van der Waals surface area contributed by atoms with Gasteiger partial charge >= 0.3 is 0 Å². The van der Waals surface area contributed by atoms with Crippen LogP contribution in [0.2, 0.25) is 0 Å². The lowest BCUT2D eigenvalue weighted by Crippen LogP contribution is -2.13. The lowest BCUT2D eigenvalue weighted by Gasteiger charge is -2.09. The van der Waals surface area contributed by atoms with Crippen LogP contribution in [0.15, 0.2) is 88.5 Å². The molecule has 0 radical (unpaired) electrons. The first kappa shape index (κ1) is 19.0. The van der Waals surface area contributed by atoms with E-state index in [1.807, 2.05) is 55.5 Å². The summed E-state index contributed by atoms with van der Waals surface area (Å²) in [6, 6.07) is 23.3. The van der Waals surface area contributed by atoms with Gasteiger partial charge in [0.05, 0.1) is 11.3 Å². The van der Waals surface area contributed by atoms with E-state index >= 15 is 0 Å². The fraction of sp³-hybridized carbons (Fsp3) is 0.0870. The van der Waals surface area contributed by atoms with E-state index in [9.17, 15) is 4.79 Å².